The molecule has 0 fully saturated rings. The Bertz CT molecular complexity index is 313. The first-order valence-corrected chi connectivity index (χ1v) is 6.30. The van der Waals surface area contributed by atoms with Gasteiger partial charge in [0.05, 0.1) is 0 Å². The number of nitrogens with zero attached hydrogens (tertiary/aromatic N) is 2. The first-order valence-electron chi connectivity index (χ1n) is 5.42. The van der Waals surface area contributed by atoms with Crippen LogP contribution >= 0.6 is 11.3 Å². The van der Waals surface area contributed by atoms with E-state index in [0.717, 1.165) is 19.3 Å². The van der Waals surface area contributed by atoms with E-state index in [1.807, 2.05) is 13.8 Å². The zero-order chi connectivity index (χ0) is 12.0. The van der Waals surface area contributed by atoms with Crippen molar-refractivity contribution in [2.75, 3.05) is 5.32 Å². The molecule has 0 saturated carbocycles. The van der Waals surface area contributed by atoms with E-state index in [-0.39, 0.29) is 17.9 Å². The number of hydrogen-bond donors (Lipinski definition) is 2. The molecule has 16 heavy (non-hydrogen) atoms. The Labute approximate surface area is 99.5 Å². The molecule has 3 N–H and O–H groups in total. The Balaban J connectivity index is 2.25. The molecule has 0 bridgehead atoms. The van der Waals surface area contributed by atoms with Gasteiger partial charge < -0.3 is 11.1 Å². The van der Waals surface area contributed by atoms with Crippen LogP contribution in [0.2, 0.25) is 0 Å². The molecule has 1 heterocycles. The Morgan fingerprint density at radius 3 is 2.88 bits per heavy atom. The van der Waals surface area contributed by atoms with Crippen molar-refractivity contribution in [3.05, 3.63) is 5.51 Å². The fraction of sp³-hybridized carbons (Fsp3) is 0.700. The molecule has 1 rings (SSSR count). The lowest BCUT2D eigenvalue weighted by Crippen LogP contribution is -2.21. The SMILES string of the molecule is CC(N)CCCC(C)C(=O)Nc1nncs1. The third kappa shape index (κ3) is 4.67. The first-order chi connectivity index (χ1) is 7.59. The molecule has 0 spiro atoms. The molecule has 2 atom stereocenters. The van der Waals surface area contributed by atoms with Gasteiger partial charge in [-0.25, -0.2) is 0 Å². The number of amides is 1. The Morgan fingerprint density at radius 1 is 1.56 bits per heavy atom. The third-order valence-electron chi connectivity index (χ3n) is 2.33. The lowest BCUT2D eigenvalue weighted by atomic mass is 10.0. The van der Waals surface area contributed by atoms with Crippen LogP contribution in [0.4, 0.5) is 5.13 Å². The molecule has 5 nitrogen and oxygen atoms in total. The van der Waals surface area contributed by atoms with Gasteiger partial charge in [-0.05, 0) is 19.8 Å². The molecule has 0 radical (unpaired) electrons. The average molecular weight is 242 g/mol. The summed E-state index contributed by atoms with van der Waals surface area (Å²) in [7, 11) is 0. The van der Waals surface area contributed by atoms with E-state index in [2.05, 4.69) is 15.5 Å². The summed E-state index contributed by atoms with van der Waals surface area (Å²) in [5, 5.41) is 10.7. The van der Waals surface area contributed by atoms with Crippen LogP contribution in [-0.2, 0) is 4.79 Å². The van der Waals surface area contributed by atoms with Gasteiger partial charge in [-0.2, -0.15) is 0 Å². The van der Waals surface area contributed by atoms with Crippen molar-refractivity contribution < 1.29 is 4.79 Å². The smallest absolute Gasteiger partial charge is 0.229 e. The van der Waals surface area contributed by atoms with Crippen LogP contribution in [0, 0.1) is 5.92 Å². The largest absolute Gasteiger partial charge is 0.328 e. The second-order valence-corrected chi connectivity index (χ2v) is 4.88. The van der Waals surface area contributed by atoms with Gasteiger partial charge in [-0.3, -0.25) is 4.79 Å². The minimum absolute atomic E-state index is 0.00132. The quantitative estimate of drug-likeness (QED) is 0.794. The highest BCUT2D eigenvalue weighted by atomic mass is 32.1. The summed E-state index contributed by atoms with van der Waals surface area (Å²) in [5.74, 6) is -0.0101. The van der Waals surface area contributed by atoms with Crippen LogP contribution in [0.3, 0.4) is 0 Å². The summed E-state index contributed by atoms with van der Waals surface area (Å²) in [6.07, 6.45) is 2.78. The van der Waals surface area contributed by atoms with Gasteiger partial charge in [0.25, 0.3) is 0 Å². The number of nitrogens with two attached hydrogens (primary N) is 1. The molecule has 0 aliphatic rings. The summed E-state index contributed by atoms with van der Waals surface area (Å²) in [6, 6.07) is 0.207. The number of aromatic nitrogens is 2. The van der Waals surface area contributed by atoms with Crippen molar-refractivity contribution in [1.82, 2.24) is 10.2 Å². The number of nitrogens with one attached hydrogen (secondary N) is 1. The lowest BCUT2D eigenvalue weighted by Gasteiger charge is -2.11. The van der Waals surface area contributed by atoms with Gasteiger partial charge in [0, 0.05) is 12.0 Å². The summed E-state index contributed by atoms with van der Waals surface area (Å²) >= 11 is 1.32. The molecule has 0 saturated heterocycles. The highest BCUT2D eigenvalue weighted by Gasteiger charge is 2.14. The zero-order valence-electron chi connectivity index (χ0n) is 9.64. The normalized spacial score (nSPS) is 14.4. The maximum Gasteiger partial charge on any atom is 0.229 e. The van der Waals surface area contributed by atoms with Gasteiger partial charge >= 0.3 is 0 Å². The average Bonchev–Trinajstić information content (AvgIpc) is 2.69. The van der Waals surface area contributed by atoms with Gasteiger partial charge in [0.2, 0.25) is 11.0 Å². The predicted octanol–water partition coefficient (Wildman–Crippen LogP) is 1.63. The summed E-state index contributed by atoms with van der Waals surface area (Å²) in [5.41, 5.74) is 7.24. The molecule has 0 aromatic carbocycles. The molecule has 0 aliphatic carbocycles. The van der Waals surface area contributed by atoms with Gasteiger partial charge in [-0.1, -0.05) is 24.7 Å². The highest BCUT2D eigenvalue weighted by Crippen LogP contribution is 2.14. The standard InChI is InChI=1S/C10H18N4OS/c1-7(4-3-5-8(2)11)9(15)13-10-14-12-6-16-10/h6-8H,3-5,11H2,1-2H3,(H,13,14,15). The number of rotatable bonds is 6. The van der Waals surface area contributed by atoms with E-state index in [0.29, 0.717) is 5.13 Å². The van der Waals surface area contributed by atoms with Crippen LogP contribution in [-0.4, -0.2) is 22.1 Å². The minimum atomic E-state index is -0.0114. The van der Waals surface area contributed by atoms with E-state index in [1.165, 1.54) is 11.3 Å². The monoisotopic (exact) mass is 242 g/mol. The van der Waals surface area contributed by atoms with Crippen LogP contribution in [0.5, 0.6) is 0 Å². The van der Waals surface area contributed by atoms with Crippen molar-refractivity contribution in [1.29, 1.82) is 0 Å². The number of carbonyl (C=O) groups excluding carboxylic acids is 1. The Kier molecular flexibility index (Phi) is 5.34. The van der Waals surface area contributed by atoms with E-state index in [9.17, 15) is 4.79 Å². The molecule has 6 heteroatoms. The highest BCUT2D eigenvalue weighted by molar-refractivity contribution is 7.13. The third-order valence-corrected chi connectivity index (χ3v) is 2.94. The predicted molar refractivity (Wildman–Crippen MR) is 65.2 cm³/mol. The van der Waals surface area contributed by atoms with Crippen molar-refractivity contribution in [3.8, 4) is 0 Å². The summed E-state index contributed by atoms with van der Waals surface area (Å²) < 4.78 is 0. The maximum atomic E-state index is 11.7. The van der Waals surface area contributed by atoms with Crippen molar-refractivity contribution in [3.63, 3.8) is 0 Å². The summed E-state index contributed by atoms with van der Waals surface area (Å²) in [4.78, 5) is 11.7. The van der Waals surface area contributed by atoms with Gasteiger partial charge in [-0.15, -0.1) is 10.2 Å². The molecule has 90 valence electrons. The second-order valence-electron chi connectivity index (χ2n) is 4.04. The molecule has 0 aliphatic heterocycles. The molecule has 1 amide bonds. The van der Waals surface area contributed by atoms with Crippen LogP contribution in [0.25, 0.3) is 0 Å². The minimum Gasteiger partial charge on any atom is -0.328 e. The number of anilines is 1. The Hall–Kier alpha value is -1.01. The lowest BCUT2D eigenvalue weighted by molar-refractivity contribution is -0.119. The second kappa shape index (κ2) is 6.55. The van der Waals surface area contributed by atoms with Crippen molar-refractivity contribution >= 4 is 22.4 Å². The molecular weight excluding hydrogens is 224 g/mol. The van der Waals surface area contributed by atoms with Crippen LogP contribution < -0.4 is 11.1 Å². The maximum absolute atomic E-state index is 11.7. The van der Waals surface area contributed by atoms with E-state index in [1.54, 1.807) is 5.51 Å². The van der Waals surface area contributed by atoms with Crippen molar-refractivity contribution in [2.45, 2.75) is 39.2 Å². The fourth-order valence-corrected chi connectivity index (χ4v) is 1.78. The molecular formula is C10H18N4OS. The summed E-state index contributed by atoms with van der Waals surface area (Å²) in [6.45, 7) is 3.89. The van der Waals surface area contributed by atoms with E-state index < -0.39 is 0 Å². The molecule has 1 aromatic rings. The molecule has 2 unspecified atom stereocenters. The van der Waals surface area contributed by atoms with Gasteiger partial charge in [0.1, 0.15) is 5.51 Å². The molecule has 1 aromatic heterocycles. The topological polar surface area (TPSA) is 80.9 Å². The van der Waals surface area contributed by atoms with Crippen LogP contribution in [0.15, 0.2) is 5.51 Å². The zero-order valence-corrected chi connectivity index (χ0v) is 10.5. The fourth-order valence-electron chi connectivity index (χ4n) is 1.33. The number of hydrogen-bond acceptors (Lipinski definition) is 5. The van der Waals surface area contributed by atoms with Crippen molar-refractivity contribution in [2.24, 2.45) is 11.7 Å². The Morgan fingerprint density at radius 2 is 2.31 bits per heavy atom. The van der Waals surface area contributed by atoms with Crippen LogP contribution in [0.1, 0.15) is 33.1 Å². The van der Waals surface area contributed by atoms with Gasteiger partial charge in [0.15, 0.2) is 0 Å². The first kappa shape index (κ1) is 13.1. The van der Waals surface area contributed by atoms with E-state index in [4.69, 9.17) is 5.73 Å². The number of carbonyl (C=O) groups is 1. The van der Waals surface area contributed by atoms with E-state index >= 15 is 0 Å².